The van der Waals surface area contributed by atoms with Crippen LogP contribution < -0.4 is 10.5 Å². The maximum absolute atomic E-state index is 5.68. The van der Waals surface area contributed by atoms with Crippen LogP contribution in [0.3, 0.4) is 0 Å². The number of rotatable bonds is 4. The summed E-state index contributed by atoms with van der Waals surface area (Å²) in [5.41, 5.74) is 8.92. The smallest absolute Gasteiger partial charge is 0.118 e. The summed E-state index contributed by atoms with van der Waals surface area (Å²) < 4.78 is 7.07. The van der Waals surface area contributed by atoms with Crippen LogP contribution in [0.5, 0.6) is 5.75 Å². The van der Waals surface area contributed by atoms with Gasteiger partial charge in [-0.1, -0.05) is 12.1 Å². The van der Waals surface area contributed by atoms with Gasteiger partial charge in [-0.3, -0.25) is 4.68 Å². The van der Waals surface area contributed by atoms with E-state index in [0.29, 0.717) is 6.54 Å². The first-order valence-electron chi connectivity index (χ1n) is 5.59. The van der Waals surface area contributed by atoms with Crippen LogP contribution >= 0.6 is 0 Å². The molecule has 0 bridgehead atoms. The fourth-order valence-electron chi connectivity index (χ4n) is 1.80. The van der Waals surface area contributed by atoms with Crippen LogP contribution in [-0.2, 0) is 13.1 Å². The van der Waals surface area contributed by atoms with E-state index in [4.69, 9.17) is 10.5 Å². The monoisotopic (exact) mass is 231 g/mol. The van der Waals surface area contributed by atoms with E-state index in [1.807, 2.05) is 41.9 Å². The lowest BCUT2D eigenvalue weighted by atomic mass is 10.2. The Kier molecular flexibility index (Phi) is 3.44. The predicted molar refractivity (Wildman–Crippen MR) is 67.0 cm³/mol. The van der Waals surface area contributed by atoms with E-state index in [9.17, 15) is 0 Å². The second kappa shape index (κ2) is 5.01. The van der Waals surface area contributed by atoms with Crippen LogP contribution in [0, 0.1) is 6.92 Å². The Bertz CT molecular complexity index is 488. The number of hydrogen-bond donors (Lipinski definition) is 1. The number of hydrogen-bond acceptors (Lipinski definition) is 3. The van der Waals surface area contributed by atoms with E-state index in [-0.39, 0.29) is 0 Å². The number of nitrogens with zero attached hydrogens (tertiary/aromatic N) is 2. The highest BCUT2D eigenvalue weighted by Gasteiger charge is 2.04. The fraction of sp³-hybridized carbons (Fsp3) is 0.308. The van der Waals surface area contributed by atoms with Gasteiger partial charge in [0, 0.05) is 6.54 Å². The van der Waals surface area contributed by atoms with Crippen molar-refractivity contribution in [3.63, 3.8) is 0 Å². The first-order chi connectivity index (χ1) is 8.22. The summed E-state index contributed by atoms with van der Waals surface area (Å²) in [7, 11) is 1.67. The maximum Gasteiger partial charge on any atom is 0.118 e. The third kappa shape index (κ3) is 2.65. The molecule has 0 amide bonds. The average molecular weight is 231 g/mol. The molecule has 0 saturated heterocycles. The summed E-state index contributed by atoms with van der Waals surface area (Å²) in [6.07, 6.45) is 0. The van der Waals surface area contributed by atoms with Gasteiger partial charge < -0.3 is 10.5 Å². The van der Waals surface area contributed by atoms with Crippen LogP contribution in [0.1, 0.15) is 17.0 Å². The van der Waals surface area contributed by atoms with Crippen molar-refractivity contribution in [1.82, 2.24) is 9.78 Å². The van der Waals surface area contributed by atoms with Gasteiger partial charge in [0.1, 0.15) is 5.75 Å². The van der Waals surface area contributed by atoms with Crippen LogP contribution in [0.25, 0.3) is 0 Å². The molecule has 0 radical (unpaired) electrons. The highest BCUT2D eigenvalue weighted by molar-refractivity contribution is 5.27. The molecular weight excluding hydrogens is 214 g/mol. The van der Waals surface area contributed by atoms with Gasteiger partial charge in [-0.15, -0.1) is 0 Å². The summed E-state index contributed by atoms with van der Waals surface area (Å²) >= 11 is 0. The zero-order chi connectivity index (χ0) is 12.3. The number of nitrogens with two attached hydrogens (primary N) is 1. The lowest BCUT2D eigenvalue weighted by molar-refractivity contribution is 0.414. The fourth-order valence-corrected chi connectivity index (χ4v) is 1.80. The van der Waals surface area contributed by atoms with E-state index in [1.54, 1.807) is 7.11 Å². The summed E-state index contributed by atoms with van der Waals surface area (Å²) in [5.74, 6) is 0.865. The van der Waals surface area contributed by atoms with Crippen molar-refractivity contribution in [2.24, 2.45) is 5.73 Å². The van der Waals surface area contributed by atoms with E-state index in [0.717, 1.165) is 23.7 Å². The Morgan fingerprint density at radius 2 is 2.00 bits per heavy atom. The molecule has 0 aliphatic heterocycles. The van der Waals surface area contributed by atoms with Gasteiger partial charge >= 0.3 is 0 Å². The Balaban J connectivity index is 2.18. The average Bonchev–Trinajstić information content (AvgIpc) is 2.70. The minimum atomic E-state index is 0.511. The number of methoxy groups -OCH3 is 1. The first-order valence-corrected chi connectivity index (χ1v) is 5.59. The molecule has 4 nitrogen and oxygen atoms in total. The van der Waals surface area contributed by atoms with E-state index >= 15 is 0 Å². The minimum Gasteiger partial charge on any atom is -0.497 e. The Morgan fingerprint density at radius 3 is 2.59 bits per heavy atom. The van der Waals surface area contributed by atoms with Gasteiger partial charge in [0.15, 0.2) is 0 Å². The van der Waals surface area contributed by atoms with Crippen molar-refractivity contribution in [2.75, 3.05) is 7.11 Å². The summed E-state index contributed by atoms with van der Waals surface area (Å²) in [6, 6.07) is 10.00. The molecule has 1 aromatic carbocycles. The molecule has 17 heavy (non-hydrogen) atoms. The third-order valence-corrected chi connectivity index (χ3v) is 2.69. The molecule has 90 valence electrons. The van der Waals surface area contributed by atoms with Gasteiger partial charge in [-0.25, -0.2) is 0 Å². The number of aromatic nitrogens is 2. The van der Waals surface area contributed by atoms with Gasteiger partial charge in [0.2, 0.25) is 0 Å². The largest absolute Gasteiger partial charge is 0.497 e. The molecule has 0 saturated carbocycles. The summed E-state index contributed by atoms with van der Waals surface area (Å²) in [6.45, 7) is 3.23. The van der Waals surface area contributed by atoms with Crippen molar-refractivity contribution < 1.29 is 4.74 Å². The van der Waals surface area contributed by atoms with Crippen molar-refractivity contribution in [1.29, 1.82) is 0 Å². The molecule has 0 aliphatic carbocycles. The van der Waals surface area contributed by atoms with Crippen LogP contribution in [0.15, 0.2) is 30.3 Å². The molecule has 4 heteroatoms. The van der Waals surface area contributed by atoms with E-state index in [1.165, 1.54) is 5.56 Å². The Morgan fingerprint density at radius 1 is 1.29 bits per heavy atom. The lowest BCUT2D eigenvalue weighted by Gasteiger charge is -2.06. The zero-order valence-electron chi connectivity index (χ0n) is 10.2. The van der Waals surface area contributed by atoms with Crippen molar-refractivity contribution in [3.05, 3.63) is 47.3 Å². The lowest BCUT2D eigenvalue weighted by Crippen LogP contribution is -2.09. The minimum absolute atomic E-state index is 0.511. The molecule has 2 rings (SSSR count). The normalized spacial score (nSPS) is 10.5. The molecule has 0 atom stereocenters. The summed E-state index contributed by atoms with van der Waals surface area (Å²) in [4.78, 5) is 0. The topological polar surface area (TPSA) is 53.1 Å². The molecule has 0 aliphatic rings. The van der Waals surface area contributed by atoms with Crippen molar-refractivity contribution in [2.45, 2.75) is 20.0 Å². The molecule has 1 heterocycles. The molecule has 2 N–H and O–H groups in total. The Hall–Kier alpha value is -1.81. The molecule has 0 unspecified atom stereocenters. The molecular formula is C13H17N3O. The van der Waals surface area contributed by atoms with Gasteiger partial charge in [-0.05, 0) is 30.7 Å². The highest BCUT2D eigenvalue weighted by atomic mass is 16.5. The van der Waals surface area contributed by atoms with Gasteiger partial charge in [0.25, 0.3) is 0 Å². The van der Waals surface area contributed by atoms with E-state index < -0.39 is 0 Å². The van der Waals surface area contributed by atoms with Crippen molar-refractivity contribution >= 4 is 0 Å². The quantitative estimate of drug-likeness (QED) is 0.871. The predicted octanol–water partition coefficient (Wildman–Crippen LogP) is 1.71. The second-order valence-corrected chi connectivity index (χ2v) is 3.99. The Labute approximate surface area is 101 Å². The maximum atomic E-state index is 5.68. The number of benzene rings is 1. The zero-order valence-corrected chi connectivity index (χ0v) is 10.2. The van der Waals surface area contributed by atoms with Gasteiger partial charge in [-0.2, -0.15) is 5.10 Å². The summed E-state index contributed by atoms with van der Waals surface area (Å²) in [5, 5.41) is 4.42. The second-order valence-electron chi connectivity index (χ2n) is 3.99. The molecule has 0 spiro atoms. The molecule has 2 aromatic rings. The molecule has 0 fully saturated rings. The van der Waals surface area contributed by atoms with Crippen molar-refractivity contribution in [3.8, 4) is 5.75 Å². The van der Waals surface area contributed by atoms with Gasteiger partial charge in [0.05, 0.1) is 25.0 Å². The van der Waals surface area contributed by atoms with E-state index in [2.05, 4.69) is 5.10 Å². The van der Waals surface area contributed by atoms with Crippen LogP contribution in [0.2, 0.25) is 0 Å². The highest BCUT2D eigenvalue weighted by Crippen LogP contribution is 2.13. The molecule has 1 aromatic heterocycles. The number of ether oxygens (including phenoxy) is 1. The van der Waals surface area contributed by atoms with Crippen LogP contribution in [0.4, 0.5) is 0 Å². The standard InChI is InChI=1S/C13H17N3O/c1-10-7-12(8-14)16(15-10)9-11-3-5-13(17-2)6-4-11/h3-7H,8-9,14H2,1-2H3. The third-order valence-electron chi connectivity index (χ3n) is 2.69. The first kappa shape index (κ1) is 11.7. The SMILES string of the molecule is COc1ccc(Cn2nc(C)cc2CN)cc1. The van der Waals surface area contributed by atoms with Crippen LogP contribution in [-0.4, -0.2) is 16.9 Å². The number of aryl methyl sites for hydroxylation is 1.